The molecule has 1 saturated carbocycles. The van der Waals surface area contributed by atoms with Gasteiger partial charge in [0.25, 0.3) is 5.92 Å². The minimum absolute atomic E-state index is 0.0311. The second-order valence-electron chi connectivity index (χ2n) is 13.5. The Morgan fingerprint density at radius 1 is 1.18 bits per heavy atom. The lowest BCUT2D eigenvalue weighted by molar-refractivity contribution is -0.117. The lowest BCUT2D eigenvalue weighted by Crippen LogP contribution is -2.43. The Morgan fingerprint density at radius 2 is 1.96 bits per heavy atom. The summed E-state index contributed by atoms with van der Waals surface area (Å²) in [5.74, 6) is -3.18. The third kappa shape index (κ3) is 7.13. The lowest BCUT2D eigenvalue weighted by atomic mass is 9.96. The number of anilines is 1. The van der Waals surface area contributed by atoms with Crippen LogP contribution in [0.3, 0.4) is 0 Å². The number of fused-ring (bicyclic) bond motifs is 2. The number of morpholine rings is 1. The van der Waals surface area contributed by atoms with E-state index in [-0.39, 0.29) is 75.8 Å². The number of pyridine rings is 1. The zero-order valence-electron chi connectivity index (χ0n) is 27.7. The number of rotatable bonds is 9. The zero-order chi connectivity index (χ0) is 35.9. The summed E-state index contributed by atoms with van der Waals surface area (Å²) >= 11 is 0. The van der Waals surface area contributed by atoms with Crippen molar-refractivity contribution in [3.8, 4) is 35.4 Å². The van der Waals surface area contributed by atoms with Crippen molar-refractivity contribution < 1.29 is 36.9 Å². The summed E-state index contributed by atoms with van der Waals surface area (Å²) in [5, 5.41) is 13.8. The smallest absolute Gasteiger partial charge is 0.319 e. The molecule has 3 aliphatic rings. The topological polar surface area (TPSA) is 113 Å². The maximum atomic E-state index is 16.9. The van der Waals surface area contributed by atoms with Gasteiger partial charge < -0.3 is 24.8 Å². The number of nitrogens with one attached hydrogen (secondary N) is 1. The first-order chi connectivity index (χ1) is 24.5. The van der Waals surface area contributed by atoms with Crippen LogP contribution >= 0.6 is 0 Å². The first kappa shape index (κ1) is 34.4. The quantitative estimate of drug-likeness (QED) is 0.138. The maximum absolute atomic E-state index is 16.9. The molecule has 0 unspecified atom stereocenters. The summed E-state index contributed by atoms with van der Waals surface area (Å²) in [6.07, 6.45) is 8.63. The molecule has 266 valence electrons. The van der Waals surface area contributed by atoms with Gasteiger partial charge in [-0.15, -0.1) is 6.42 Å². The van der Waals surface area contributed by atoms with Crippen LogP contribution in [0.1, 0.15) is 31.2 Å². The molecule has 1 amide bonds. The van der Waals surface area contributed by atoms with Crippen molar-refractivity contribution >= 4 is 33.4 Å². The van der Waals surface area contributed by atoms with E-state index >= 15 is 4.39 Å². The summed E-state index contributed by atoms with van der Waals surface area (Å²) in [6.45, 7) is 7.10. The Morgan fingerprint density at radius 3 is 2.69 bits per heavy atom. The Balaban J connectivity index is 1.34. The van der Waals surface area contributed by atoms with Gasteiger partial charge in [-0.2, -0.15) is 9.97 Å². The number of terminal acetylenes is 1. The Labute approximate surface area is 291 Å². The van der Waals surface area contributed by atoms with Crippen molar-refractivity contribution in [2.24, 2.45) is 5.41 Å². The number of aromatic nitrogens is 3. The molecule has 2 aliphatic heterocycles. The van der Waals surface area contributed by atoms with E-state index < -0.39 is 42.3 Å². The van der Waals surface area contributed by atoms with Crippen molar-refractivity contribution in [2.45, 2.75) is 37.6 Å². The molecule has 0 bridgehead atoms. The summed E-state index contributed by atoms with van der Waals surface area (Å²) in [5.41, 5.74) is -0.757. The number of ether oxygens (including phenoxy) is 2. The second kappa shape index (κ2) is 13.6. The van der Waals surface area contributed by atoms with E-state index in [0.29, 0.717) is 18.6 Å². The fraction of sp³-hybridized carbons (Fsp3) is 0.405. The van der Waals surface area contributed by atoms with Gasteiger partial charge in [0, 0.05) is 68.1 Å². The summed E-state index contributed by atoms with van der Waals surface area (Å²) in [6, 6.07) is 4.05. The summed E-state index contributed by atoms with van der Waals surface area (Å²) < 4.78 is 73.4. The van der Waals surface area contributed by atoms with Crippen molar-refractivity contribution in [1.82, 2.24) is 25.2 Å². The van der Waals surface area contributed by atoms with Gasteiger partial charge in [0.2, 0.25) is 5.91 Å². The number of carbonyl (C=O) groups excluding carboxylic acids is 1. The van der Waals surface area contributed by atoms with E-state index in [1.165, 1.54) is 24.4 Å². The van der Waals surface area contributed by atoms with Crippen LogP contribution in [0.15, 0.2) is 43.1 Å². The normalized spacial score (nSPS) is 20.1. The highest BCUT2D eigenvalue weighted by Gasteiger charge is 2.45. The van der Waals surface area contributed by atoms with Gasteiger partial charge >= 0.3 is 6.01 Å². The van der Waals surface area contributed by atoms with Gasteiger partial charge in [0.05, 0.1) is 36.8 Å². The van der Waals surface area contributed by atoms with E-state index in [0.717, 1.165) is 44.6 Å². The minimum atomic E-state index is -3.11. The first-order valence-corrected chi connectivity index (χ1v) is 16.8. The molecule has 2 N–H and O–H groups in total. The predicted octanol–water partition coefficient (Wildman–Crippen LogP) is 5.21. The largest absolute Gasteiger partial charge is 0.508 e. The summed E-state index contributed by atoms with van der Waals surface area (Å²) in [4.78, 5) is 29.5. The molecule has 0 spiro atoms. The molecule has 4 heterocycles. The Kier molecular flexibility index (Phi) is 9.19. The van der Waals surface area contributed by atoms with Gasteiger partial charge in [-0.1, -0.05) is 18.6 Å². The fourth-order valence-corrected chi connectivity index (χ4v) is 6.98. The highest BCUT2D eigenvalue weighted by Crippen LogP contribution is 2.47. The average molecular weight is 705 g/mol. The first-order valence-electron chi connectivity index (χ1n) is 16.8. The number of amides is 1. The highest BCUT2D eigenvalue weighted by atomic mass is 19.3. The molecular weight excluding hydrogens is 668 g/mol. The van der Waals surface area contributed by atoms with E-state index in [4.69, 9.17) is 15.9 Å². The molecule has 3 fully saturated rings. The standard InChI is InChI=1S/C37H36F4N6O4/c1-3-25-28(38)6-5-22-15-24(48)16-26(30(22)25)32-31(39)33-27(18-42-32)34(47-10-9-37(40,41)17-23(19-47)43-29(49)4-2)45-35(44-33)51-21-36(7-8-36)20-46-11-13-50-14-12-46/h1,4-6,15-16,18,23,48H,2,7-14,17,19-21H2,(H,43,49)/t23-/m0/s1. The second-order valence-corrected chi connectivity index (χ2v) is 13.5. The summed E-state index contributed by atoms with van der Waals surface area (Å²) in [7, 11) is 0. The van der Waals surface area contributed by atoms with Crippen LogP contribution in [0, 0.1) is 29.4 Å². The number of alkyl halides is 2. The van der Waals surface area contributed by atoms with Crippen molar-refractivity contribution in [2.75, 3.05) is 57.4 Å². The molecule has 1 aliphatic carbocycles. The van der Waals surface area contributed by atoms with Crippen molar-refractivity contribution in [3.05, 3.63) is 60.3 Å². The predicted molar refractivity (Wildman–Crippen MR) is 183 cm³/mol. The monoisotopic (exact) mass is 704 g/mol. The molecular formula is C37H36F4N6O4. The Hall–Kier alpha value is -5.00. The van der Waals surface area contributed by atoms with E-state index in [1.54, 1.807) is 4.90 Å². The van der Waals surface area contributed by atoms with Gasteiger partial charge in [-0.05, 0) is 42.5 Å². The van der Waals surface area contributed by atoms with Crippen LogP contribution in [0.2, 0.25) is 0 Å². The van der Waals surface area contributed by atoms with Crippen LogP contribution in [-0.2, 0) is 9.53 Å². The number of nitrogens with zero attached hydrogens (tertiary/aromatic N) is 5. The van der Waals surface area contributed by atoms with Crippen LogP contribution in [0.4, 0.5) is 23.4 Å². The number of aromatic hydroxyl groups is 1. The third-order valence-corrected chi connectivity index (χ3v) is 9.79. The fourth-order valence-electron chi connectivity index (χ4n) is 6.98. The zero-order valence-corrected chi connectivity index (χ0v) is 27.7. The van der Waals surface area contributed by atoms with Crippen LogP contribution in [0.25, 0.3) is 32.9 Å². The third-order valence-electron chi connectivity index (χ3n) is 9.79. The number of hydrogen-bond acceptors (Lipinski definition) is 9. The number of hydrogen-bond donors (Lipinski definition) is 2. The van der Waals surface area contributed by atoms with Crippen LogP contribution in [-0.4, -0.2) is 95.4 Å². The number of phenolic OH excluding ortho intramolecular Hbond substituents is 1. The average Bonchev–Trinajstić information content (AvgIpc) is 3.90. The van der Waals surface area contributed by atoms with Gasteiger partial charge in [-0.25, -0.2) is 17.6 Å². The number of carbonyl (C=O) groups is 1. The lowest BCUT2D eigenvalue weighted by Gasteiger charge is -2.30. The minimum Gasteiger partial charge on any atom is -0.508 e. The number of phenols is 1. The SMILES string of the molecule is C#Cc1c(F)ccc2cc(O)cc(-c3ncc4c(N5CCC(F)(F)C[C@H](NC(=O)C=C)C5)nc(OCC5(CN6CCOCC6)CC5)nc4c3F)c12. The molecule has 14 heteroatoms. The van der Waals surface area contributed by atoms with Crippen molar-refractivity contribution in [3.63, 3.8) is 0 Å². The van der Waals surface area contributed by atoms with Crippen LogP contribution < -0.4 is 15.0 Å². The molecule has 7 rings (SSSR count). The Bertz CT molecular complexity index is 2060. The van der Waals surface area contributed by atoms with E-state index in [9.17, 15) is 23.1 Å². The molecule has 2 saturated heterocycles. The van der Waals surface area contributed by atoms with Gasteiger partial charge in [-0.3, -0.25) is 14.7 Å². The molecule has 2 aromatic carbocycles. The molecule has 0 radical (unpaired) electrons. The molecule has 2 aromatic heterocycles. The molecule has 51 heavy (non-hydrogen) atoms. The van der Waals surface area contributed by atoms with Gasteiger partial charge in [0.15, 0.2) is 5.82 Å². The van der Waals surface area contributed by atoms with Crippen molar-refractivity contribution in [1.29, 1.82) is 0 Å². The van der Waals surface area contributed by atoms with E-state index in [2.05, 4.69) is 37.7 Å². The molecule has 10 nitrogen and oxygen atoms in total. The highest BCUT2D eigenvalue weighted by molar-refractivity contribution is 6.03. The molecule has 1 atom stereocenters. The van der Waals surface area contributed by atoms with Crippen LogP contribution in [0.5, 0.6) is 11.8 Å². The van der Waals surface area contributed by atoms with E-state index in [1.807, 2.05) is 0 Å². The number of benzene rings is 2. The molecule has 4 aromatic rings. The maximum Gasteiger partial charge on any atom is 0.319 e. The number of halogens is 4. The van der Waals surface area contributed by atoms with Gasteiger partial charge in [0.1, 0.15) is 28.6 Å².